The summed E-state index contributed by atoms with van der Waals surface area (Å²) in [6.07, 6.45) is 47.1. The van der Waals surface area contributed by atoms with E-state index in [1.807, 2.05) is 0 Å². The van der Waals surface area contributed by atoms with Gasteiger partial charge in [-0.3, -0.25) is 0 Å². The van der Waals surface area contributed by atoms with Gasteiger partial charge in [-0.25, -0.2) is 17.6 Å². The molecular weight excluding hydrogens is 1810 g/mol. The lowest BCUT2D eigenvalue weighted by Crippen LogP contribution is -2.49. The summed E-state index contributed by atoms with van der Waals surface area (Å²) in [6.45, 7) is 36.2. The molecule has 129 heavy (non-hydrogen) atoms. The van der Waals surface area contributed by atoms with Crippen LogP contribution in [-0.4, -0.2) is 100 Å². The van der Waals surface area contributed by atoms with Crippen molar-refractivity contribution in [1.29, 1.82) is 0 Å². The fourth-order valence-corrected chi connectivity index (χ4v) is 37.7. The monoisotopic (exact) mass is 1960 g/mol. The number of hydrogen-bond acceptors (Lipinski definition) is 7. The van der Waals surface area contributed by atoms with Crippen molar-refractivity contribution in [2.45, 2.75) is 339 Å². The van der Waals surface area contributed by atoms with Crippen molar-refractivity contribution in [3.8, 4) is 33.9 Å². The van der Waals surface area contributed by atoms with Gasteiger partial charge in [-0.1, -0.05) is 192 Å². The molecule has 0 aromatic carbocycles. The van der Waals surface area contributed by atoms with Gasteiger partial charge in [0.05, 0.1) is 13.2 Å². The molecule has 0 radical (unpaired) electrons. The van der Waals surface area contributed by atoms with E-state index in [9.17, 15) is 53.3 Å². The molecule has 0 aliphatic heterocycles. The highest BCUT2D eigenvalue weighted by Gasteiger charge is 2.64. The molecule has 20 rings (SSSR count). The number of alkyl halides is 6. The summed E-state index contributed by atoms with van der Waals surface area (Å²) in [5, 5.41) is 80.9. The average Bonchev–Trinajstić information content (AvgIpc) is 1.62. The first-order chi connectivity index (χ1) is 61.3. The van der Waals surface area contributed by atoms with E-state index in [4.69, 9.17) is 34.8 Å². The van der Waals surface area contributed by atoms with Gasteiger partial charge in [-0.05, 0) is 453 Å². The maximum absolute atomic E-state index is 13.3. The molecule has 0 aromatic heterocycles. The number of rotatable bonds is 11. The van der Waals surface area contributed by atoms with Gasteiger partial charge in [-0.15, -0.1) is 0 Å². The van der Waals surface area contributed by atoms with E-state index in [1.165, 1.54) is 155 Å². The van der Waals surface area contributed by atoms with Crippen LogP contribution in [0.4, 0.5) is 17.6 Å². The number of allylic oxidation sites excluding steroid dienone is 8. The van der Waals surface area contributed by atoms with E-state index in [0.29, 0.717) is 130 Å². The van der Waals surface area contributed by atoms with Crippen molar-refractivity contribution in [2.24, 2.45) is 175 Å². The molecule has 0 bridgehead atoms. The molecule has 7 nitrogen and oxygen atoms in total. The highest BCUT2D eigenvalue weighted by atomic mass is 79.9. The van der Waals surface area contributed by atoms with E-state index >= 15 is 0 Å². The van der Waals surface area contributed by atoms with Crippen LogP contribution in [0.25, 0.3) is 0 Å². The van der Waals surface area contributed by atoms with Gasteiger partial charge in [0.15, 0.2) is 0 Å². The molecule has 15 saturated carbocycles. The van der Waals surface area contributed by atoms with Crippen LogP contribution >= 0.6 is 66.7 Å². The highest BCUT2D eigenvalue weighted by Crippen LogP contribution is 2.72. The molecule has 712 valence electrons. The van der Waals surface area contributed by atoms with E-state index in [2.05, 4.69) is 171 Å². The topological polar surface area (TPSA) is 142 Å². The molecule has 0 saturated heterocycles. The second kappa shape index (κ2) is 38.9. The first-order valence-electron chi connectivity index (χ1n) is 51.0. The minimum Gasteiger partial charge on any atom is -0.392 e. The number of hydrogen-bond donors (Lipinski definition) is 7. The Hall–Kier alpha value is -2.65. The molecule has 0 heterocycles. The zero-order valence-corrected chi connectivity index (χ0v) is 84.1. The Bertz CT molecular complexity index is 4370. The van der Waals surface area contributed by atoms with Crippen molar-refractivity contribution in [3.63, 3.8) is 0 Å². The second-order valence-corrected chi connectivity index (χ2v) is 49.5. The predicted molar refractivity (Wildman–Crippen MR) is 524 cm³/mol. The molecule has 20 aliphatic carbocycles. The van der Waals surface area contributed by atoms with Crippen molar-refractivity contribution in [1.82, 2.24) is 0 Å². The van der Waals surface area contributed by atoms with Crippen LogP contribution in [0.15, 0.2) is 119 Å². The van der Waals surface area contributed by atoms with Crippen LogP contribution in [0.5, 0.6) is 0 Å². The van der Waals surface area contributed by atoms with Crippen LogP contribution in [0, 0.1) is 209 Å². The number of fused-ring (bicyclic) bond motifs is 25. The molecule has 0 amide bonds. The van der Waals surface area contributed by atoms with Crippen LogP contribution in [0.1, 0.15) is 298 Å². The molecule has 35 atom stereocenters. The maximum Gasteiger partial charge on any atom is 0.267 e. The lowest BCUT2D eigenvalue weighted by Gasteiger charge is -2.54. The summed E-state index contributed by atoms with van der Waals surface area (Å²) in [5.74, 6) is 25.3. The SMILES string of the molecule is C=C(C)[C@H]1CC[C@H]2[C@@H]3CC=C4C[C@@](O)(C#CCl)CC[C@@H]4[C@H]3CC[C@]12C.C=C(CBr)[C@H]1CC[C@H]2[C@@H]3CC=C4C[C@@](O)(C#CCl)CC[C@@H]4[C@H]3CC[C@]12C.C=C(CBr)[C@H]1CC[C@H]2[C@@H]3CC=C4C[C@@](O)(C(F)F)CC[C@@H]4[C@H]3CC[C@]12C.C=C(CO)[C@H]1CC[C@H]2[C@@H]3CC=C4C[C@@](O)(C(F)F)CC[C@@H]4[C@H]3CC[C@]12C.C=C(CO)[C@H]1CC[C@H]2[C@@H]3CC=C4C[C@](O)(C#CCl)CC[C@@H]4[C@H]3CC[C@]12C. The third-order valence-electron chi connectivity index (χ3n) is 42.6. The normalized spacial score (nSPS) is 47.5. The summed E-state index contributed by atoms with van der Waals surface area (Å²) < 4.78 is 53.1. The van der Waals surface area contributed by atoms with Crippen LogP contribution in [-0.2, 0) is 0 Å². The lowest BCUT2D eigenvalue weighted by molar-refractivity contribution is -0.119. The van der Waals surface area contributed by atoms with E-state index in [1.54, 1.807) is 0 Å². The van der Waals surface area contributed by atoms with E-state index < -0.39 is 40.9 Å². The summed E-state index contributed by atoms with van der Waals surface area (Å²) in [4.78, 5) is 0. The molecule has 15 fully saturated rings. The van der Waals surface area contributed by atoms with Gasteiger partial charge in [0.2, 0.25) is 0 Å². The smallest absolute Gasteiger partial charge is 0.267 e. The third kappa shape index (κ3) is 18.1. The molecule has 16 heteroatoms. The van der Waals surface area contributed by atoms with Gasteiger partial charge in [-0.2, -0.15) is 0 Å². The number of halogens is 9. The fraction of sp³-hybridized carbons (Fsp3) is 0.770. The molecule has 0 unspecified atom stereocenters. The highest BCUT2D eigenvalue weighted by molar-refractivity contribution is 9.09. The van der Waals surface area contributed by atoms with E-state index in [-0.39, 0.29) is 44.3 Å². The van der Waals surface area contributed by atoms with Gasteiger partial charge < -0.3 is 35.7 Å². The maximum atomic E-state index is 13.3. The second-order valence-electron chi connectivity index (χ2n) is 47.9. The lowest BCUT2D eigenvalue weighted by atomic mass is 9.51. The zero-order valence-electron chi connectivity index (χ0n) is 78.7. The molecule has 0 aromatic rings. The largest absolute Gasteiger partial charge is 0.392 e. The Kier molecular flexibility index (Phi) is 29.9. The standard InChI is InChI=1S/C23H30BrClO.C23H31ClO2.C23H31ClO.C22H31BrF2O.C22H32F2O2/c1-15(14-24)20-5-6-21-19-4-3-16-13-23(26,11-12-25)10-8-17(16)18(19)7-9-22(20,21)2;1-15(14-25)20-5-6-21-19-4-3-16-13-23(26,11-12-24)10-8-17(16)18(19)7-9-22(20,21)2;1-15(2)20-6-7-21-19-5-4-16-14-23(25,12-13-24)11-9-17(16)18(19)8-10-22(20,21)3;1-13(12-23)18-5-6-19-17-4-3-14-11-22(26,20(24)25)10-8-15(14)16(17)7-9-21(18,19)2;1-13(12-25)18-5-6-19-17-4-3-14-11-22(26,20(23)24)10-8-15(14)16(17)7-9-21(18,19)2/h3,17-21,26H,1,4-10,13-14H2,2H3;3,17-21,25-26H,1,4-10,13-14H2,2H3;4,17-21,25H,1,5-11,14H2,2-3H3;3,15-20,26H,1,4-12H2,2H3;3,15-20,25-26H,1,4-12H2,2H3/t17-,18+,19+,20+,21-,22+,23-;17-,18+,19+,20+,21-,22+,23+;17-,18+,19+,20+,21-,22+,23-;2*15-,16+,17+,18+,19-,21+,22+/m00000/s1. The minimum absolute atomic E-state index is 0.0833. The fourth-order valence-electron chi connectivity index (χ4n) is 36.4. The Balaban J connectivity index is 0.000000118. The zero-order chi connectivity index (χ0) is 92.3. The number of aliphatic hydroxyl groups is 7. The van der Waals surface area contributed by atoms with Crippen molar-refractivity contribution in [2.75, 3.05) is 23.9 Å². The summed E-state index contributed by atoms with van der Waals surface area (Å²) in [7, 11) is 0. The third-order valence-corrected chi connectivity index (χ3v) is 44.3. The average molecular weight is 1970 g/mol. The molecule has 20 aliphatic rings. The van der Waals surface area contributed by atoms with Crippen LogP contribution in [0.3, 0.4) is 0 Å². The molecule has 7 N–H and O–H groups in total. The van der Waals surface area contributed by atoms with Crippen molar-refractivity contribution >= 4 is 66.7 Å². The first kappa shape index (κ1) is 99.4. The van der Waals surface area contributed by atoms with Crippen LogP contribution in [0.2, 0.25) is 0 Å². The summed E-state index contributed by atoms with van der Waals surface area (Å²) in [6, 6.07) is 0. The Morgan fingerprint density at radius 1 is 0.333 bits per heavy atom. The summed E-state index contributed by atoms with van der Waals surface area (Å²) >= 11 is 24.0. The van der Waals surface area contributed by atoms with E-state index in [0.717, 1.165) is 182 Å². The van der Waals surface area contributed by atoms with Gasteiger partial charge in [0.1, 0.15) is 28.0 Å². The Morgan fingerprint density at radius 2 is 0.558 bits per heavy atom. The number of aliphatic hydroxyl groups excluding tert-OH is 2. The molecular formula is C113H155Br2Cl3F4O7. The quantitative estimate of drug-likeness (QED) is 0.0473. The Morgan fingerprint density at radius 3 is 0.783 bits per heavy atom. The molecule has 0 spiro atoms. The Labute approximate surface area is 804 Å². The van der Waals surface area contributed by atoms with Crippen molar-refractivity contribution < 1.29 is 53.3 Å². The van der Waals surface area contributed by atoms with Crippen LogP contribution < -0.4 is 0 Å². The van der Waals surface area contributed by atoms with Gasteiger partial charge in [0.25, 0.3) is 12.9 Å². The first-order valence-corrected chi connectivity index (χ1v) is 54.4. The van der Waals surface area contributed by atoms with Gasteiger partial charge in [0, 0.05) is 58.9 Å². The minimum atomic E-state index is -2.66. The predicted octanol–water partition coefficient (Wildman–Crippen LogP) is 27.2. The summed E-state index contributed by atoms with van der Waals surface area (Å²) in [5.41, 5.74) is 8.26. The van der Waals surface area contributed by atoms with Crippen molar-refractivity contribution in [3.05, 3.63) is 119 Å². The van der Waals surface area contributed by atoms with Gasteiger partial charge >= 0.3 is 0 Å².